The van der Waals surface area contributed by atoms with Gasteiger partial charge in [0.25, 0.3) is 0 Å². The molecule has 7 heteroatoms. The zero-order chi connectivity index (χ0) is 13.4. The highest BCUT2D eigenvalue weighted by molar-refractivity contribution is 9.10. The molecule has 0 saturated heterocycles. The van der Waals surface area contributed by atoms with Gasteiger partial charge in [-0.05, 0) is 28.1 Å². The van der Waals surface area contributed by atoms with Crippen molar-refractivity contribution in [3.63, 3.8) is 0 Å². The molecule has 0 fully saturated rings. The van der Waals surface area contributed by atoms with Crippen molar-refractivity contribution in [2.45, 2.75) is 0 Å². The first-order chi connectivity index (χ1) is 9.16. The molecule has 0 amide bonds. The van der Waals surface area contributed by atoms with Crippen LogP contribution in [0.3, 0.4) is 0 Å². The van der Waals surface area contributed by atoms with E-state index in [-0.39, 0.29) is 5.69 Å². The first-order valence-electron chi connectivity index (χ1n) is 5.45. The molecule has 1 aromatic heterocycles. The van der Waals surface area contributed by atoms with Crippen molar-refractivity contribution < 1.29 is 23.9 Å². The van der Waals surface area contributed by atoms with E-state index in [9.17, 15) is 4.79 Å². The van der Waals surface area contributed by atoms with E-state index < -0.39 is 5.97 Å². The van der Waals surface area contributed by atoms with Gasteiger partial charge < -0.3 is 19.1 Å². The van der Waals surface area contributed by atoms with Gasteiger partial charge in [0.05, 0.1) is 4.47 Å². The van der Waals surface area contributed by atoms with Crippen molar-refractivity contribution in [2.75, 3.05) is 13.2 Å². The van der Waals surface area contributed by atoms with Gasteiger partial charge in [0, 0.05) is 11.6 Å². The molecule has 98 valence electrons. The molecule has 1 aromatic carbocycles. The van der Waals surface area contributed by atoms with E-state index in [2.05, 4.69) is 21.1 Å². The minimum absolute atomic E-state index is 0.142. The van der Waals surface area contributed by atoms with Crippen LogP contribution >= 0.6 is 15.9 Å². The zero-order valence-electron chi connectivity index (χ0n) is 9.55. The van der Waals surface area contributed by atoms with Crippen LogP contribution in [0.25, 0.3) is 11.3 Å². The van der Waals surface area contributed by atoms with Crippen LogP contribution < -0.4 is 9.47 Å². The lowest BCUT2D eigenvalue weighted by atomic mass is 10.1. The van der Waals surface area contributed by atoms with E-state index in [0.717, 1.165) is 0 Å². The predicted octanol–water partition coefficient (Wildman–Crippen LogP) is 2.57. The van der Waals surface area contributed by atoms with Crippen molar-refractivity contribution >= 4 is 21.9 Å². The summed E-state index contributed by atoms with van der Waals surface area (Å²) in [6.07, 6.45) is 0. The number of carboxylic acid groups (broad SMARTS) is 1. The Kier molecular flexibility index (Phi) is 2.90. The van der Waals surface area contributed by atoms with Crippen LogP contribution in [0.1, 0.15) is 10.5 Å². The molecular weight excluding hydrogens is 318 g/mol. The lowest BCUT2D eigenvalue weighted by molar-refractivity contribution is 0.0686. The summed E-state index contributed by atoms with van der Waals surface area (Å²) in [5.41, 5.74) is 0.515. The molecule has 0 unspecified atom stereocenters. The Morgan fingerprint density at radius 3 is 2.84 bits per heavy atom. The third-order valence-electron chi connectivity index (χ3n) is 2.64. The van der Waals surface area contributed by atoms with Gasteiger partial charge >= 0.3 is 5.97 Å². The van der Waals surface area contributed by atoms with Crippen LogP contribution in [0.4, 0.5) is 0 Å². The molecule has 0 bridgehead atoms. The lowest BCUT2D eigenvalue weighted by Gasteiger charge is -2.20. The number of hydrogen-bond acceptors (Lipinski definition) is 5. The number of ether oxygens (including phenoxy) is 2. The summed E-state index contributed by atoms with van der Waals surface area (Å²) in [6.45, 7) is 0.968. The fraction of sp³-hybridized carbons (Fsp3) is 0.167. The van der Waals surface area contributed by atoms with Crippen molar-refractivity contribution in [3.8, 4) is 22.8 Å². The molecule has 6 nitrogen and oxygen atoms in total. The van der Waals surface area contributed by atoms with Gasteiger partial charge in [0.15, 0.2) is 23.0 Å². The first kappa shape index (κ1) is 12.0. The summed E-state index contributed by atoms with van der Waals surface area (Å²) in [7, 11) is 0. The molecule has 3 rings (SSSR count). The number of rotatable bonds is 2. The van der Waals surface area contributed by atoms with E-state index in [1.54, 1.807) is 12.1 Å². The molecule has 2 heterocycles. The highest BCUT2D eigenvalue weighted by atomic mass is 79.9. The van der Waals surface area contributed by atoms with Crippen molar-refractivity contribution in [1.82, 2.24) is 5.16 Å². The van der Waals surface area contributed by atoms with Crippen LogP contribution in [-0.4, -0.2) is 29.4 Å². The van der Waals surface area contributed by atoms with Crippen LogP contribution in [0.2, 0.25) is 0 Å². The Balaban J connectivity index is 2.07. The number of hydrogen-bond donors (Lipinski definition) is 1. The third kappa shape index (κ3) is 2.06. The van der Waals surface area contributed by atoms with Crippen LogP contribution in [0, 0.1) is 0 Å². The quantitative estimate of drug-likeness (QED) is 0.913. The smallest absolute Gasteiger partial charge is 0.358 e. The predicted molar refractivity (Wildman–Crippen MR) is 67.6 cm³/mol. The molecule has 1 aliphatic heterocycles. The van der Waals surface area contributed by atoms with Crippen LogP contribution in [0.5, 0.6) is 11.5 Å². The second kappa shape index (κ2) is 4.58. The normalized spacial score (nSPS) is 13.3. The number of halogens is 1. The summed E-state index contributed by atoms with van der Waals surface area (Å²) >= 11 is 3.41. The van der Waals surface area contributed by atoms with Gasteiger partial charge in [-0.1, -0.05) is 5.16 Å². The lowest BCUT2D eigenvalue weighted by Crippen LogP contribution is -2.15. The van der Waals surface area contributed by atoms with Crippen LogP contribution in [-0.2, 0) is 0 Å². The standard InChI is InChI=1S/C12H8BrNO5/c13-10-6(9-5-7(12(15)16)14-19-9)1-2-8-11(10)18-4-3-17-8/h1-2,5H,3-4H2,(H,15,16). The van der Waals surface area contributed by atoms with Gasteiger partial charge in [-0.15, -0.1) is 0 Å². The molecule has 1 N–H and O–H groups in total. The molecule has 0 aliphatic carbocycles. The van der Waals surface area contributed by atoms with Crippen molar-refractivity contribution in [3.05, 3.63) is 28.4 Å². The number of aromatic carboxylic acids is 1. The monoisotopic (exact) mass is 325 g/mol. The van der Waals surface area contributed by atoms with Gasteiger partial charge in [0.1, 0.15) is 13.2 Å². The number of nitrogens with zero attached hydrogens (tertiary/aromatic N) is 1. The fourth-order valence-electron chi connectivity index (χ4n) is 1.78. The summed E-state index contributed by atoms with van der Waals surface area (Å²) < 4.78 is 16.6. The van der Waals surface area contributed by atoms with E-state index in [4.69, 9.17) is 19.1 Å². The second-order valence-electron chi connectivity index (χ2n) is 3.83. The molecule has 2 aromatic rings. The maximum atomic E-state index is 10.8. The van der Waals surface area contributed by atoms with E-state index in [0.29, 0.717) is 40.5 Å². The zero-order valence-corrected chi connectivity index (χ0v) is 11.1. The largest absolute Gasteiger partial charge is 0.486 e. The summed E-state index contributed by atoms with van der Waals surface area (Å²) in [6, 6.07) is 4.86. The van der Waals surface area contributed by atoms with Gasteiger partial charge in [-0.25, -0.2) is 4.79 Å². The minimum atomic E-state index is -1.14. The highest BCUT2D eigenvalue weighted by Crippen LogP contribution is 2.43. The summed E-state index contributed by atoms with van der Waals surface area (Å²) in [5.74, 6) is 0.432. The van der Waals surface area contributed by atoms with E-state index >= 15 is 0 Å². The summed E-state index contributed by atoms with van der Waals surface area (Å²) in [4.78, 5) is 10.8. The van der Waals surface area contributed by atoms with E-state index in [1.165, 1.54) is 6.07 Å². The minimum Gasteiger partial charge on any atom is -0.486 e. The molecule has 1 aliphatic rings. The maximum absolute atomic E-state index is 10.8. The van der Waals surface area contributed by atoms with Gasteiger partial charge in [-0.3, -0.25) is 0 Å². The Labute approximate surface area is 116 Å². The molecular formula is C12H8BrNO5. The molecule has 0 spiro atoms. The second-order valence-corrected chi connectivity index (χ2v) is 4.63. The first-order valence-corrected chi connectivity index (χ1v) is 6.24. The average Bonchev–Trinajstić information content (AvgIpc) is 2.89. The van der Waals surface area contributed by atoms with Crippen molar-refractivity contribution in [2.24, 2.45) is 0 Å². The number of fused-ring (bicyclic) bond motifs is 1. The molecule has 0 atom stereocenters. The Morgan fingerprint density at radius 2 is 2.11 bits per heavy atom. The number of aromatic nitrogens is 1. The van der Waals surface area contributed by atoms with Crippen molar-refractivity contribution in [1.29, 1.82) is 0 Å². The molecule has 19 heavy (non-hydrogen) atoms. The Hall–Kier alpha value is -2.02. The van der Waals surface area contributed by atoms with Crippen LogP contribution in [0.15, 0.2) is 27.2 Å². The summed E-state index contributed by atoms with van der Waals surface area (Å²) in [5, 5.41) is 12.3. The maximum Gasteiger partial charge on any atom is 0.358 e. The highest BCUT2D eigenvalue weighted by Gasteiger charge is 2.21. The number of carboxylic acids is 1. The average molecular weight is 326 g/mol. The Bertz CT molecular complexity index is 652. The molecule has 0 saturated carbocycles. The number of benzene rings is 1. The molecule has 0 radical (unpaired) electrons. The van der Waals surface area contributed by atoms with Gasteiger partial charge in [0.2, 0.25) is 0 Å². The topological polar surface area (TPSA) is 81.8 Å². The van der Waals surface area contributed by atoms with E-state index in [1.807, 2.05) is 0 Å². The van der Waals surface area contributed by atoms with Gasteiger partial charge in [-0.2, -0.15) is 0 Å². The SMILES string of the molecule is O=C(O)c1cc(-c2ccc3c(c2Br)OCCO3)on1. The third-order valence-corrected chi connectivity index (χ3v) is 3.43. The number of carbonyl (C=O) groups is 1. The Morgan fingerprint density at radius 1 is 1.32 bits per heavy atom. The fourth-order valence-corrected chi connectivity index (χ4v) is 2.41.